The zero-order valence-electron chi connectivity index (χ0n) is 5.70. The molecule has 0 saturated carbocycles. The van der Waals surface area contributed by atoms with E-state index in [-0.39, 0.29) is 19.1 Å². The fraction of sp³-hybridized carbons (Fsp3) is 0.800. The lowest BCUT2D eigenvalue weighted by Crippen LogP contribution is -2.31. The number of carboxylic acid groups (broad SMARTS) is 1. The van der Waals surface area contributed by atoms with E-state index in [1.54, 1.807) is 0 Å². The van der Waals surface area contributed by atoms with Crippen LogP contribution in [0.5, 0.6) is 0 Å². The lowest BCUT2D eigenvalue weighted by Gasteiger charge is -2.14. The Balaban J connectivity index is 2.44. The van der Waals surface area contributed by atoms with Crippen molar-refractivity contribution in [3.63, 3.8) is 0 Å². The molecule has 64 valence electrons. The Morgan fingerprint density at radius 3 is 3.18 bits per heavy atom. The average molecular weight is 181 g/mol. The van der Waals surface area contributed by atoms with Gasteiger partial charge in [-0.15, -0.1) is 0 Å². The first-order chi connectivity index (χ1) is 5.25. The van der Waals surface area contributed by atoms with Crippen molar-refractivity contribution < 1.29 is 18.5 Å². The molecule has 6 heteroatoms. The minimum atomic E-state index is -1.08. The number of hydrogen-bond acceptors (Lipinski definition) is 3. The van der Waals surface area contributed by atoms with Crippen molar-refractivity contribution in [1.29, 1.82) is 0 Å². The van der Waals surface area contributed by atoms with E-state index in [0.717, 1.165) is 16.5 Å². The first-order valence-electron chi connectivity index (χ1n) is 3.13. The molecule has 0 aromatic carbocycles. The molecular weight excluding hydrogens is 173 g/mol. The number of carbonyl (C=O) groups is 1. The summed E-state index contributed by atoms with van der Waals surface area (Å²) in [6.45, 7) is -0.237. The second kappa shape index (κ2) is 3.77. The smallest absolute Gasteiger partial charge is 0.419 e. The highest BCUT2D eigenvalue weighted by Crippen LogP contribution is 2.26. The molecule has 1 aliphatic heterocycles. The molecule has 11 heavy (non-hydrogen) atoms. The number of alkyl halides is 1. The second-order valence-corrected chi connectivity index (χ2v) is 2.88. The summed E-state index contributed by atoms with van der Waals surface area (Å²) in [5, 5.41) is 8.51. The molecule has 0 aromatic rings. The summed E-state index contributed by atoms with van der Waals surface area (Å²) in [5.41, 5.74) is 0. The Morgan fingerprint density at radius 2 is 2.64 bits per heavy atom. The van der Waals surface area contributed by atoms with Gasteiger partial charge in [0.05, 0.1) is 19.3 Å². The average Bonchev–Trinajstić information content (AvgIpc) is 2.36. The van der Waals surface area contributed by atoms with Crippen molar-refractivity contribution in [3.8, 4) is 0 Å². The molecule has 1 saturated heterocycles. The van der Waals surface area contributed by atoms with E-state index in [0.29, 0.717) is 0 Å². The maximum atomic E-state index is 11.8. The van der Waals surface area contributed by atoms with Crippen LogP contribution in [-0.4, -0.2) is 34.8 Å². The molecule has 1 amide bonds. The van der Waals surface area contributed by atoms with Gasteiger partial charge in [-0.3, -0.25) is 8.57 Å². The van der Waals surface area contributed by atoms with Crippen LogP contribution in [0.1, 0.15) is 6.42 Å². The zero-order chi connectivity index (χ0) is 8.27. The van der Waals surface area contributed by atoms with Crippen molar-refractivity contribution in [2.24, 2.45) is 0 Å². The molecule has 1 heterocycles. The topological polar surface area (TPSA) is 49.8 Å². The third-order valence-corrected chi connectivity index (χ3v) is 2.21. The molecule has 0 spiro atoms. The fourth-order valence-corrected chi connectivity index (χ4v) is 1.49. The maximum absolute atomic E-state index is 11.8. The Hall–Kier alpha value is -0.490. The Labute approximate surface area is 67.7 Å². The number of halogens is 1. The van der Waals surface area contributed by atoms with E-state index < -0.39 is 12.8 Å². The molecule has 1 fully saturated rings. The molecule has 0 aliphatic carbocycles. The first-order valence-corrected chi connectivity index (χ1v) is 3.83. The van der Waals surface area contributed by atoms with Gasteiger partial charge in [0.15, 0.2) is 0 Å². The molecule has 1 rings (SSSR count). The number of rotatable bonds is 2. The summed E-state index contributed by atoms with van der Waals surface area (Å²) in [4.78, 5) is 10.4. The van der Waals surface area contributed by atoms with Gasteiger partial charge in [-0.25, -0.2) is 9.10 Å². The second-order valence-electron chi connectivity index (χ2n) is 2.10. The lowest BCUT2D eigenvalue weighted by atomic mass is 10.2. The number of nitrogens with zero attached hydrogens (tertiary/aromatic N) is 1. The fourth-order valence-electron chi connectivity index (χ4n) is 0.809. The largest absolute Gasteiger partial charge is 0.464 e. The van der Waals surface area contributed by atoms with Crippen LogP contribution in [0.25, 0.3) is 0 Å². The van der Waals surface area contributed by atoms with Gasteiger partial charge < -0.3 is 5.11 Å². The highest BCUT2D eigenvalue weighted by atomic mass is 32.2. The van der Waals surface area contributed by atoms with Gasteiger partial charge >= 0.3 is 6.09 Å². The normalized spacial score (nSPS) is 24.1. The molecule has 0 aromatic heterocycles. The van der Waals surface area contributed by atoms with E-state index in [9.17, 15) is 9.18 Å². The Kier molecular flexibility index (Phi) is 2.95. The van der Waals surface area contributed by atoms with Gasteiger partial charge in [-0.1, -0.05) is 0 Å². The molecule has 4 nitrogen and oxygen atoms in total. The van der Waals surface area contributed by atoms with Crippen molar-refractivity contribution >= 4 is 18.3 Å². The molecule has 1 N–H and O–H groups in total. The third kappa shape index (κ3) is 1.97. The van der Waals surface area contributed by atoms with Crippen LogP contribution in [0.15, 0.2) is 0 Å². The predicted octanol–water partition coefficient (Wildman–Crippen LogP) is 1.29. The van der Waals surface area contributed by atoms with Crippen molar-refractivity contribution in [2.75, 3.05) is 13.3 Å². The summed E-state index contributed by atoms with van der Waals surface area (Å²) in [6.07, 6.45) is -0.870. The van der Waals surface area contributed by atoms with Crippen LogP contribution in [0.4, 0.5) is 9.18 Å². The van der Waals surface area contributed by atoms with Gasteiger partial charge in [0.25, 0.3) is 0 Å². The highest BCUT2D eigenvalue weighted by molar-refractivity contribution is 7.93. The van der Waals surface area contributed by atoms with Crippen LogP contribution >= 0.6 is 12.2 Å². The first kappa shape index (κ1) is 8.61. The molecule has 1 aliphatic rings. The summed E-state index contributed by atoms with van der Waals surface area (Å²) in [5.74, 6) is 0. The quantitative estimate of drug-likeness (QED) is 0.515. The van der Waals surface area contributed by atoms with E-state index in [4.69, 9.17) is 9.29 Å². The highest BCUT2D eigenvalue weighted by Gasteiger charge is 2.30. The van der Waals surface area contributed by atoms with Crippen LogP contribution in [0.3, 0.4) is 0 Å². The van der Waals surface area contributed by atoms with Crippen LogP contribution in [-0.2, 0) is 4.18 Å². The van der Waals surface area contributed by atoms with Gasteiger partial charge in [0, 0.05) is 0 Å². The zero-order valence-corrected chi connectivity index (χ0v) is 6.51. The lowest BCUT2D eigenvalue weighted by molar-refractivity contribution is 0.163. The van der Waals surface area contributed by atoms with E-state index >= 15 is 0 Å². The molecule has 0 unspecified atom stereocenters. The minimum absolute atomic E-state index is 0.208. The van der Waals surface area contributed by atoms with Gasteiger partial charge in [-0.2, -0.15) is 0 Å². The molecule has 0 bridgehead atoms. The van der Waals surface area contributed by atoms with Crippen LogP contribution in [0, 0.1) is 0 Å². The summed E-state index contributed by atoms with van der Waals surface area (Å²) in [7, 11) is 0. The molecule has 0 radical (unpaired) electrons. The van der Waals surface area contributed by atoms with E-state index in [1.807, 2.05) is 0 Å². The van der Waals surface area contributed by atoms with Crippen molar-refractivity contribution in [1.82, 2.24) is 4.31 Å². The van der Waals surface area contributed by atoms with Crippen LogP contribution in [0.2, 0.25) is 0 Å². The monoisotopic (exact) mass is 181 g/mol. The summed E-state index contributed by atoms with van der Waals surface area (Å²) in [6, 6.07) is -0.331. The molecular formula is C5H8FNO3S. The van der Waals surface area contributed by atoms with Gasteiger partial charge in [0.1, 0.15) is 12.2 Å². The van der Waals surface area contributed by atoms with E-state index in [2.05, 4.69) is 0 Å². The van der Waals surface area contributed by atoms with E-state index in [1.165, 1.54) is 0 Å². The van der Waals surface area contributed by atoms with Gasteiger partial charge in [-0.05, 0) is 6.42 Å². The minimum Gasteiger partial charge on any atom is -0.464 e. The molecule has 1 atom stereocenters. The van der Waals surface area contributed by atoms with Crippen molar-refractivity contribution in [2.45, 2.75) is 12.5 Å². The standard InChI is InChI=1S/C5H8FNO3S/c6-2-1-4-3-10-11-7(4)5(8)9/h4H,1-3H2,(H,8,9)/t4-/m1/s1. The Morgan fingerprint density at radius 1 is 1.91 bits per heavy atom. The van der Waals surface area contributed by atoms with Crippen LogP contribution < -0.4 is 0 Å². The summed E-state index contributed by atoms with van der Waals surface area (Å²) >= 11 is 0.766. The SMILES string of the molecule is O=C(O)N1SOC[C@H]1CCF. The maximum Gasteiger partial charge on any atom is 0.419 e. The number of hydrogen-bond donors (Lipinski definition) is 1. The van der Waals surface area contributed by atoms with Gasteiger partial charge in [0.2, 0.25) is 0 Å². The Bertz CT molecular complexity index is 157. The van der Waals surface area contributed by atoms with Crippen molar-refractivity contribution in [3.05, 3.63) is 0 Å². The summed E-state index contributed by atoms with van der Waals surface area (Å²) < 4.78 is 17.6. The third-order valence-electron chi connectivity index (χ3n) is 1.36. The number of amides is 1. The predicted molar refractivity (Wildman–Crippen MR) is 37.8 cm³/mol.